The molecule has 0 radical (unpaired) electrons. The molecule has 0 fully saturated rings. The van der Waals surface area contributed by atoms with Crippen LogP contribution in [-0.2, 0) is 14.3 Å². The Morgan fingerprint density at radius 1 is 0.526 bits per heavy atom. The average molecular weight is 798 g/mol. The molecule has 0 aromatic rings. The lowest BCUT2D eigenvalue weighted by molar-refractivity contribution is -0.151. The lowest BCUT2D eigenvalue weighted by Gasteiger charge is -2.24. The van der Waals surface area contributed by atoms with E-state index in [0.29, 0.717) is 19.3 Å². The van der Waals surface area contributed by atoms with Crippen LogP contribution in [0, 0.1) is 0 Å². The zero-order valence-electron chi connectivity index (χ0n) is 37.5. The Labute approximate surface area is 352 Å². The third-order valence-electron chi connectivity index (χ3n) is 10.7. The molecular weight excluding hydrogens is 707 g/mol. The van der Waals surface area contributed by atoms with Crippen LogP contribution in [0.3, 0.4) is 0 Å². The molecule has 0 saturated carbocycles. The van der Waals surface area contributed by atoms with Crippen molar-refractivity contribution in [2.24, 2.45) is 0 Å². The first-order valence-corrected chi connectivity index (χ1v) is 24.1. The highest BCUT2D eigenvalue weighted by atomic mass is 16.5. The van der Waals surface area contributed by atoms with Gasteiger partial charge in [-0.25, -0.2) is 0 Å². The van der Waals surface area contributed by atoms with Gasteiger partial charge >= 0.3 is 5.97 Å². The van der Waals surface area contributed by atoms with Crippen LogP contribution < -0.4 is 5.32 Å². The van der Waals surface area contributed by atoms with E-state index in [-0.39, 0.29) is 24.9 Å². The molecule has 0 aromatic heterocycles. The van der Waals surface area contributed by atoms with Crippen molar-refractivity contribution in [3.8, 4) is 0 Å². The van der Waals surface area contributed by atoms with E-state index in [1.54, 1.807) is 0 Å². The monoisotopic (exact) mass is 798 g/mol. The number of nitrogens with one attached hydrogen (secondary N) is 1. The van der Waals surface area contributed by atoms with E-state index >= 15 is 0 Å². The number of aliphatic hydroxyl groups excluding tert-OH is 2. The Bertz CT molecular complexity index is 1030. The number of carbonyl (C=O) groups is 2. The molecule has 6 nitrogen and oxygen atoms in total. The third kappa shape index (κ3) is 40.1. The van der Waals surface area contributed by atoms with Crippen LogP contribution in [0.4, 0.5) is 0 Å². The van der Waals surface area contributed by atoms with E-state index in [2.05, 4.69) is 56.5 Å². The predicted octanol–water partition coefficient (Wildman–Crippen LogP) is 14.1. The summed E-state index contributed by atoms with van der Waals surface area (Å²) in [4.78, 5) is 26.0. The minimum atomic E-state index is -0.801. The summed E-state index contributed by atoms with van der Waals surface area (Å²) in [7, 11) is 0. The number of esters is 1. The van der Waals surface area contributed by atoms with Gasteiger partial charge in [-0.3, -0.25) is 9.59 Å². The minimum absolute atomic E-state index is 0.0394. The van der Waals surface area contributed by atoms with Crippen molar-refractivity contribution in [3.05, 3.63) is 60.8 Å². The van der Waals surface area contributed by atoms with Crippen LogP contribution in [0.1, 0.15) is 226 Å². The molecule has 0 bridgehead atoms. The van der Waals surface area contributed by atoms with Crippen molar-refractivity contribution in [2.75, 3.05) is 6.61 Å². The summed E-state index contributed by atoms with van der Waals surface area (Å²) in [6.07, 6.45) is 54.2. The summed E-state index contributed by atoms with van der Waals surface area (Å²) in [5.41, 5.74) is 0. The average Bonchev–Trinajstić information content (AvgIpc) is 3.20. The molecule has 0 aliphatic rings. The molecule has 0 aromatic carbocycles. The smallest absolute Gasteiger partial charge is 0.306 e. The fraction of sp³-hybridized carbons (Fsp3) is 0.765. The Hall–Kier alpha value is -2.44. The number of allylic oxidation sites excluding steroid dienone is 10. The van der Waals surface area contributed by atoms with E-state index in [1.165, 1.54) is 109 Å². The van der Waals surface area contributed by atoms with Crippen LogP contribution in [0.15, 0.2) is 60.8 Å². The highest BCUT2D eigenvalue weighted by molar-refractivity contribution is 5.77. The van der Waals surface area contributed by atoms with Gasteiger partial charge in [0.25, 0.3) is 0 Å². The first kappa shape index (κ1) is 54.6. The van der Waals surface area contributed by atoms with Gasteiger partial charge in [-0.1, -0.05) is 210 Å². The van der Waals surface area contributed by atoms with Crippen molar-refractivity contribution in [1.29, 1.82) is 0 Å². The first-order chi connectivity index (χ1) is 28.0. The van der Waals surface area contributed by atoms with Gasteiger partial charge in [0.15, 0.2) is 0 Å². The number of aliphatic hydroxyl groups is 2. The van der Waals surface area contributed by atoms with Gasteiger partial charge in [0.05, 0.1) is 25.2 Å². The summed E-state index contributed by atoms with van der Waals surface area (Å²) in [5, 5.41) is 23.7. The summed E-state index contributed by atoms with van der Waals surface area (Å²) in [6.45, 7) is 6.31. The first-order valence-electron chi connectivity index (χ1n) is 24.1. The van der Waals surface area contributed by atoms with Crippen molar-refractivity contribution in [3.63, 3.8) is 0 Å². The lowest BCUT2D eigenvalue weighted by Crippen LogP contribution is -2.46. The Kier molecular flexibility index (Phi) is 42.7. The molecule has 1 amide bonds. The Morgan fingerprint density at radius 2 is 0.982 bits per heavy atom. The van der Waals surface area contributed by atoms with E-state index in [9.17, 15) is 19.8 Å². The summed E-state index contributed by atoms with van der Waals surface area (Å²) < 4.78 is 5.87. The zero-order valence-corrected chi connectivity index (χ0v) is 37.5. The molecule has 57 heavy (non-hydrogen) atoms. The van der Waals surface area contributed by atoms with Gasteiger partial charge in [-0.2, -0.15) is 0 Å². The SMILES string of the molecule is CC/C=C/C=C/C=C\C=C/CCCCCC(=O)OC(CCC/C=C\CCCCCCCC)CC(=O)NC(CO)C(O)CCCCCCCCCCCCCCCC. The molecule has 0 saturated heterocycles. The second-order valence-electron chi connectivity index (χ2n) is 16.2. The van der Waals surface area contributed by atoms with Crippen LogP contribution in [0.5, 0.6) is 0 Å². The number of hydrogen-bond acceptors (Lipinski definition) is 5. The topological polar surface area (TPSA) is 95.9 Å². The minimum Gasteiger partial charge on any atom is -0.462 e. The van der Waals surface area contributed by atoms with Crippen molar-refractivity contribution >= 4 is 11.9 Å². The van der Waals surface area contributed by atoms with Gasteiger partial charge in [-0.05, 0) is 64.2 Å². The van der Waals surface area contributed by atoms with E-state index < -0.39 is 18.2 Å². The number of ether oxygens (including phenoxy) is 1. The molecule has 330 valence electrons. The van der Waals surface area contributed by atoms with Gasteiger partial charge in [0.1, 0.15) is 6.10 Å². The zero-order chi connectivity index (χ0) is 41.7. The molecular formula is C51H91NO5. The van der Waals surface area contributed by atoms with E-state index in [0.717, 1.165) is 70.6 Å². The molecule has 0 rings (SSSR count). The summed E-state index contributed by atoms with van der Waals surface area (Å²) >= 11 is 0. The van der Waals surface area contributed by atoms with E-state index in [4.69, 9.17) is 4.74 Å². The Balaban J connectivity index is 4.63. The number of hydrogen-bond donors (Lipinski definition) is 3. The number of rotatable bonds is 42. The van der Waals surface area contributed by atoms with Crippen molar-refractivity contribution in [1.82, 2.24) is 5.32 Å². The Morgan fingerprint density at radius 3 is 1.53 bits per heavy atom. The van der Waals surface area contributed by atoms with Gasteiger partial charge in [0, 0.05) is 6.42 Å². The van der Waals surface area contributed by atoms with Crippen LogP contribution >= 0.6 is 0 Å². The third-order valence-corrected chi connectivity index (χ3v) is 10.7. The molecule has 3 N–H and O–H groups in total. The largest absolute Gasteiger partial charge is 0.462 e. The maximum Gasteiger partial charge on any atom is 0.306 e. The fourth-order valence-corrected chi connectivity index (χ4v) is 7.03. The predicted molar refractivity (Wildman–Crippen MR) is 245 cm³/mol. The number of unbranched alkanes of at least 4 members (excludes halogenated alkanes) is 23. The van der Waals surface area contributed by atoms with Gasteiger partial charge in [0.2, 0.25) is 5.91 Å². The normalized spacial score (nSPS) is 13.8. The second kappa shape index (κ2) is 44.7. The molecule has 6 heteroatoms. The number of carbonyl (C=O) groups excluding carboxylic acids is 2. The highest BCUT2D eigenvalue weighted by Crippen LogP contribution is 2.17. The second-order valence-corrected chi connectivity index (χ2v) is 16.2. The summed E-state index contributed by atoms with van der Waals surface area (Å²) in [5.74, 6) is -0.551. The lowest BCUT2D eigenvalue weighted by atomic mass is 10.0. The maximum atomic E-state index is 13.1. The molecule has 0 aliphatic heterocycles. The molecule has 3 atom stereocenters. The van der Waals surface area contributed by atoms with E-state index in [1.807, 2.05) is 30.4 Å². The van der Waals surface area contributed by atoms with Gasteiger partial charge in [-0.15, -0.1) is 0 Å². The molecule has 0 aliphatic carbocycles. The summed E-state index contributed by atoms with van der Waals surface area (Å²) in [6, 6.07) is -0.718. The molecule has 3 unspecified atom stereocenters. The quantitative estimate of drug-likeness (QED) is 0.0247. The highest BCUT2D eigenvalue weighted by Gasteiger charge is 2.24. The van der Waals surface area contributed by atoms with Crippen molar-refractivity contribution < 1.29 is 24.5 Å². The van der Waals surface area contributed by atoms with Crippen LogP contribution in [-0.4, -0.2) is 46.9 Å². The standard InChI is InChI=1S/C51H91NO5/c1-4-7-10-13-16-19-22-24-26-28-31-34-37-40-43-49(54)48(46-53)52-50(55)45-47(42-39-36-33-30-27-21-18-15-12-9-6-3)57-51(56)44-41-38-35-32-29-25-23-20-17-14-11-8-5-2/h8,11,14,17,20,23,25,29-30,33,47-49,53-54H,4-7,9-10,12-13,15-16,18-19,21-22,24,26-28,31-32,34-46H2,1-3H3,(H,52,55)/b11-8+,17-14+,23-20-,29-25-,33-30-. The fourth-order valence-electron chi connectivity index (χ4n) is 7.03. The maximum absolute atomic E-state index is 13.1. The molecule has 0 heterocycles. The molecule has 0 spiro atoms. The van der Waals surface area contributed by atoms with Crippen LogP contribution in [0.2, 0.25) is 0 Å². The van der Waals surface area contributed by atoms with Gasteiger partial charge < -0.3 is 20.3 Å². The van der Waals surface area contributed by atoms with Crippen LogP contribution in [0.25, 0.3) is 0 Å². The van der Waals surface area contributed by atoms with Crippen molar-refractivity contribution in [2.45, 2.75) is 244 Å². The number of amides is 1.